The summed E-state index contributed by atoms with van der Waals surface area (Å²) in [5, 5.41) is 5.30. The first-order valence-corrected chi connectivity index (χ1v) is 11.3. The van der Waals surface area contributed by atoms with Gasteiger partial charge in [0, 0.05) is 37.0 Å². The smallest absolute Gasteiger partial charge is 0.242 e. The number of hydrogen-bond donors (Lipinski definition) is 1. The molecule has 2 saturated heterocycles. The Morgan fingerprint density at radius 3 is 2.81 bits per heavy atom. The van der Waals surface area contributed by atoms with Crippen LogP contribution in [-0.4, -0.2) is 53.8 Å². The Morgan fingerprint density at radius 1 is 1.22 bits per heavy atom. The van der Waals surface area contributed by atoms with Crippen LogP contribution in [0.1, 0.15) is 50.8 Å². The van der Waals surface area contributed by atoms with E-state index in [0.29, 0.717) is 12.5 Å². The van der Waals surface area contributed by atoms with E-state index in [9.17, 15) is 9.59 Å². The lowest BCUT2D eigenvalue weighted by molar-refractivity contribution is -0.144. The summed E-state index contributed by atoms with van der Waals surface area (Å²) in [6, 6.07) is 4.02. The summed E-state index contributed by atoms with van der Waals surface area (Å²) in [4.78, 5) is 31.0. The topological polar surface area (TPSA) is 52.7 Å². The predicted octanol–water partition coefficient (Wildman–Crippen LogP) is 3.11. The van der Waals surface area contributed by atoms with Gasteiger partial charge in [0.2, 0.25) is 11.8 Å². The first kappa shape index (κ1) is 20.3. The van der Waals surface area contributed by atoms with E-state index in [2.05, 4.69) is 27.7 Å². The summed E-state index contributed by atoms with van der Waals surface area (Å²) < 4.78 is 0. The molecule has 1 N–H and O–H groups in total. The summed E-state index contributed by atoms with van der Waals surface area (Å²) in [6.45, 7) is 8.46. The van der Waals surface area contributed by atoms with Gasteiger partial charge in [0.15, 0.2) is 0 Å². The van der Waals surface area contributed by atoms with Crippen LogP contribution in [0.3, 0.4) is 0 Å². The highest BCUT2D eigenvalue weighted by molar-refractivity contribution is 7.09. The molecule has 0 saturated carbocycles. The van der Waals surface area contributed by atoms with Crippen LogP contribution < -0.4 is 5.32 Å². The third-order valence-electron chi connectivity index (χ3n) is 5.71. The molecule has 3 heterocycles. The number of piperidine rings is 2. The molecule has 3 rings (SSSR count). The van der Waals surface area contributed by atoms with Crippen molar-refractivity contribution in [3.63, 3.8) is 0 Å². The van der Waals surface area contributed by atoms with Crippen molar-refractivity contribution < 1.29 is 9.59 Å². The van der Waals surface area contributed by atoms with Crippen molar-refractivity contribution in [2.24, 2.45) is 11.8 Å². The predicted molar refractivity (Wildman–Crippen MR) is 110 cm³/mol. The molecule has 1 aromatic rings. The fourth-order valence-corrected chi connectivity index (χ4v) is 4.99. The zero-order valence-corrected chi connectivity index (χ0v) is 17.5. The molecule has 0 bridgehead atoms. The normalized spacial score (nSPS) is 24.2. The number of nitrogens with zero attached hydrogens (tertiary/aromatic N) is 2. The average molecular weight is 392 g/mol. The number of rotatable bonds is 6. The van der Waals surface area contributed by atoms with Crippen molar-refractivity contribution in [2.45, 2.75) is 58.5 Å². The Hall–Kier alpha value is -1.40. The molecule has 0 aromatic carbocycles. The zero-order valence-electron chi connectivity index (χ0n) is 16.7. The van der Waals surface area contributed by atoms with Crippen molar-refractivity contribution in [2.75, 3.05) is 26.2 Å². The van der Waals surface area contributed by atoms with Crippen LogP contribution in [0.4, 0.5) is 0 Å². The van der Waals surface area contributed by atoms with Crippen LogP contribution in [0.2, 0.25) is 0 Å². The van der Waals surface area contributed by atoms with E-state index in [-0.39, 0.29) is 23.8 Å². The molecule has 0 aliphatic carbocycles. The monoisotopic (exact) mass is 391 g/mol. The van der Waals surface area contributed by atoms with E-state index in [0.717, 1.165) is 45.4 Å². The Kier molecular flexibility index (Phi) is 7.30. The lowest BCUT2D eigenvalue weighted by Gasteiger charge is -2.37. The molecule has 2 aliphatic heterocycles. The first-order valence-electron chi connectivity index (χ1n) is 10.4. The Morgan fingerprint density at radius 2 is 2.07 bits per heavy atom. The SMILES string of the molecule is CC(C)C(=O)N1CCCC[C@@H]1C(=O)NC[C@H]1CCCN(Cc2cccs2)C1. The van der Waals surface area contributed by atoms with Gasteiger partial charge in [0.1, 0.15) is 6.04 Å². The van der Waals surface area contributed by atoms with Gasteiger partial charge < -0.3 is 10.2 Å². The summed E-state index contributed by atoms with van der Waals surface area (Å²) in [7, 11) is 0. The lowest BCUT2D eigenvalue weighted by atomic mass is 9.96. The number of likely N-dealkylation sites (tertiary alicyclic amines) is 2. The molecule has 2 atom stereocenters. The van der Waals surface area contributed by atoms with Gasteiger partial charge in [-0.05, 0) is 56.0 Å². The second kappa shape index (κ2) is 9.69. The summed E-state index contributed by atoms with van der Waals surface area (Å²) >= 11 is 1.81. The van der Waals surface area contributed by atoms with Crippen LogP contribution in [-0.2, 0) is 16.1 Å². The highest BCUT2D eigenvalue weighted by atomic mass is 32.1. The molecule has 27 heavy (non-hydrogen) atoms. The van der Waals surface area contributed by atoms with E-state index in [4.69, 9.17) is 0 Å². The van der Waals surface area contributed by atoms with E-state index < -0.39 is 0 Å². The maximum absolute atomic E-state index is 12.8. The number of hydrogen-bond acceptors (Lipinski definition) is 4. The average Bonchev–Trinajstić information content (AvgIpc) is 3.18. The molecule has 0 spiro atoms. The first-order chi connectivity index (χ1) is 13.0. The zero-order chi connectivity index (χ0) is 19.2. The minimum atomic E-state index is -0.278. The molecule has 150 valence electrons. The van der Waals surface area contributed by atoms with Gasteiger partial charge in [-0.1, -0.05) is 19.9 Å². The molecular weight excluding hydrogens is 358 g/mol. The van der Waals surface area contributed by atoms with Crippen LogP contribution in [0.15, 0.2) is 17.5 Å². The molecule has 1 aromatic heterocycles. The van der Waals surface area contributed by atoms with Gasteiger partial charge in [-0.15, -0.1) is 11.3 Å². The van der Waals surface area contributed by atoms with Gasteiger partial charge >= 0.3 is 0 Å². The molecule has 2 amide bonds. The van der Waals surface area contributed by atoms with Gasteiger partial charge in [0.25, 0.3) is 0 Å². The maximum atomic E-state index is 12.8. The number of carbonyl (C=O) groups is 2. The van der Waals surface area contributed by atoms with E-state index in [1.165, 1.54) is 17.7 Å². The summed E-state index contributed by atoms with van der Waals surface area (Å²) in [5.74, 6) is 0.594. The van der Waals surface area contributed by atoms with Gasteiger partial charge in [-0.25, -0.2) is 0 Å². The highest BCUT2D eigenvalue weighted by Gasteiger charge is 2.33. The van der Waals surface area contributed by atoms with Gasteiger partial charge in [-0.3, -0.25) is 14.5 Å². The van der Waals surface area contributed by atoms with Gasteiger partial charge in [0.05, 0.1) is 0 Å². The third kappa shape index (κ3) is 5.55. The highest BCUT2D eigenvalue weighted by Crippen LogP contribution is 2.22. The van der Waals surface area contributed by atoms with Crippen LogP contribution in [0.25, 0.3) is 0 Å². The van der Waals surface area contributed by atoms with Crippen molar-refractivity contribution >= 4 is 23.2 Å². The quantitative estimate of drug-likeness (QED) is 0.811. The fourth-order valence-electron chi connectivity index (χ4n) is 4.25. The second-order valence-corrected chi connectivity index (χ2v) is 9.30. The van der Waals surface area contributed by atoms with Crippen molar-refractivity contribution in [1.82, 2.24) is 15.1 Å². The molecule has 6 heteroatoms. The Balaban J connectivity index is 1.49. The third-order valence-corrected chi connectivity index (χ3v) is 6.57. The molecule has 0 unspecified atom stereocenters. The fraction of sp³-hybridized carbons (Fsp3) is 0.714. The van der Waals surface area contributed by atoms with Crippen molar-refractivity contribution in [1.29, 1.82) is 0 Å². The largest absolute Gasteiger partial charge is 0.354 e. The maximum Gasteiger partial charge on any atom is 0.242 e. The standard InChI is InChI=1S/C21H33N3O2S/c1-16(2)21(26)24-11-4-3-9-19(24)20(25)22-13-17-7-5-10-23(14-17)15-18-8-6-12-27-18/h6,8,12,16-17,19H,3-5,7,9-11,13-15H2,1-2H3,(H,22,25)/t17-,19-/m1/s1. The number of thiophene rings is 1. The van der Waals surface area contributed by atoms with E-state index >= 15 is 0 Å². The lowest BCUT2D eigenvalue weighted by Crippen LogP contribution is -2.54. The summed E-state index contributed by atoms with van der Waals surface area (Å²) in [5.41, 5.74) is 0. The molecule has 5 nitrogen and oxygen atoms in total. The second-order valence-electron chi connectivity index (χ2n) is 8.27. The number of nitrogens with one attached hydrogen (secondary N) is 1. The molecule has 2 aliphatic rings. The van der Waals surface area contributed by atoms with E-state index in [1.807, 2.05) is 30.1 Å². The minimum absolute atomic E-state index is 0.0408. The van der Waals surface area contributed by atoms with Crippen molar-refractivity contribution in [3.05, 3.63) is 22.4 Å². The minimum Gasteiger partial charge on any atom is -0.354 e. The van der Waals surface area contributed by atoms with Crippen LogP contribution in [0, 0.1) is 11.8 Å². The summed E-state index contributed by atoms with van der Waals surface area (Å²) in [6.07, 6.45) is 5.17. The van der Waals surface area contributed by atoms with Gasteiger partial charge in [-0.2, -0.15) is 0 Å². The van der Waals surface area contributed by atoms with Crippen LogP contribution in [0.5, 0.6) is 0 Å². The van der Waals surface area contributed by atoms with Crippen molar-refractivity contribution in [3.8, 4) is 0 Å². The van der Waals surface area contributed by atoms with Crippen LogP contribution >= 0.6 is 11.3 Å². The Bertz CT molecular complexity index is 617. The number of carbonyl (C=O) groups excluding carboxylic acids is 2. The number of amides is 2. The Labute approximate surface area is 167 Å². The van der Waals surface area contributed by atoms with E-state index in [1.54, 1.807) is 0 Å². The molecule has 0 radical (unpaired) electrons. The molecular formula is C21H33N3O2S. The molecule has 2 fully saturated rings.